The highest BCUT2D eigenvalue weighted by atomic mass is 79.9. The zero-order valence-corrected chi connectivity index (χ0v) is 11.8. The van der Waals surface area contributed by atoms with Crippen molar-refractivity contribution in [1.82, 2.24) is 4.98 Å². The molecule has 0 atom stereocenters. The average molecular weight is 353 g/mol. The van der Waals surface area contributed by atoms with Gasteiger partial charge in [-0.3, -0.25) is 0 Å². The molecule has 1 aromatic heterocycles. The predicted molar refractivity (Wildman–Crippen MR) is 74.8 cm³/mol. The number of oxazole rings is 1. The number of halogens is 2. The minimum absolute atomic E-state index is 0.638. The molecule has 2 nitrogen and oxygen atoms in total. The van der Waals surface area contributed by atoms with E-state index < -0.39 is 0 Å². The fourth-order valence-corrected chi connectivity index (χ4v) is 2.94. The van der Waals surface area contributed by atoms with Gasteiger partial charge in [-0.15, -0.1) is 0 Å². The van der Waals surface area contributed by atoms with Crippen molar-refractivity contribution >= 4 is 43.0 Å². The van der Waals surface area contributed by atoms with Gasteiger partial charge in [0.15, 0.2) is 5.58 Å². The molecule has 2 aromatic carbocycles. The maximum atomic E-state index is 5.74. The normalized spacial score (nSPS) is 10.9. The van der Waals surface area contributed by atoms with E-state index in [9.17, 15) is 0 Å². The number of nitrogens with zero attached hydrogens (tertiary/aromatic N) is 1. The molecule has 0 fully saturated rings. The maximum Gasteiger partial charge on any atom is 0.227 e. The lowest BCUT2D eigenvalue weighted by Crippen LogP contribution is -1.75. The quantitative estimate of drug-likeness (QED) is 0.614. The minimum Gasteiger partial charge on any atom is -0.436 e. The first kappa shape index (κ1) is 11.0. The summed E-state index contributed by atoms with van der Waals surface area (Å²) in [4.78, 5) is 4.49. The molecule has 84 valence electrons. The van der Waals surface area contributed by atoms with Crippen LogP contribution >= 0.6 is 31.9 Å². The van der Waals surface area contributed by atoms with Gasteiger partial charge >= 0.3 is 0 Å². The Labute approximate surface area is 115 Å². The summed E-state index contributed by atoms with van der Waals surface area (Å²) in [6.45, 7) is 0. The van der Waals surface area contributed by atoms with E-state index in [4.69, 9.17) is 4.42 Å². The summed E-state index contributed by atoms with van der Waals surface area (Å²) < 4.78 is 7.63. The number of hydrogen-bond acceptors (Lipinski definition) is 2. The highest BCUT2D eigenvalue weighted by Crippen LogP contribution is 2.31. The molecule has 0 aliphatic carbocycles. The Morgan fingerprint density at radius 3 is 2.53 bits per heavy atom. The van der Waals surface area contributed by atoms with Crippen molar-refractivity contribution < 1.29 is 4.42 Å². The average Bonchev–Trinajstić information content (AvgIpc) is 2.74. The molecular formula is C13H7Br2NO. The van der Waals surface area contributed by atoms with Gasteiger partial charge in [-0.05, 0) is 40.2 Å². The summed E-state index contributed by atoms with van der Waals surface area (Å²) in [5.41, 5.74) is 2.59. The fraction of sp³-hybridized carbons (Fsp3) is 0. The molecule has 0 saturated carbocycles. The second-order valence-corrected chi connectivity index (χ2v) is 5.39. The summed E-state index contributed by atoms with van der Waals surface area (Å²) in [5.74, 6) is 0.638. The molecule has 4 heteroatoms. The Bertz CT molecular complexity index is 676. The Balaban J connectivity index is 2.24. The zero-order chi connectivity index (χ0) is 11.8. The number of aromatic nitrogens is 1. The van der Waals surface area contributed by atoms with Crippen LogP contribution in [0.1, 0.15) is 0 Å². The number of fused-ring (bicyclic) bond motifs is 1. The van der Waals surface area contributed by atoms with Crippen molar-refractivity contribution in [2.75, 3.05) is 0 Å². The topological polar surface area (TPSA) is 26.0 Å². The Morgan fingerprint density at radius 1 is 1.00 bits per heavy atom. The summed E-state index contributed by atoms with van der Waals surface area (Å²) in [5, 5.41) is 0. The van der Waals surface area contributed by atoms with Gasteiger partial charge in [0.05, 0.1) is 0 Å². The molecule has 17 heavy (non-hydrogen) atoms. The molecule has 0 saturated heterocycles. The van der Waals surface area contributed by atoms with Crippen LogP contribution in [0.5, 0.6) is 0 Å². The Hall–Kier alpha value is -1.13. The molecule has 0 spiro atoms. The summed E-state index contributed by atoms with van der Waals surface area (Å²) in [6, 6.07) is 13.7. The summed E-state index contributed by atoms with van der Waals surface area (Å²) >= 11 is 6.91. The molecule has 0 bridgehead atoms. The van der Waals surface area contributed by atoms with Crippen LogP contribution in [0.3, 0.4) is 0 Å². The van der Waals surface area contributed by atoms with Crippen molar-refractivity contribution in [2.45, 2.75) is 0 Å². The van der Waals surface area contributed by atoms with Gasteiger partial charge in [0.2, 0.25) is 5.89 Å². The van der Waals surface area contributed by atoms with E-state index in [0.29, 0.717) is 5.89 Å². The lowest BCUT2D eigenvalue weighted by atomic mass is 10.2. The molecule has 0 N–H and O–H groups in total. The molecule has 1 heterocycles. The van der Waals surface area contributed by atoms with Crippen molar-refractivity contribution in [1.29, 1.82) is 0 Å². The van der Waals surface area contributed by atoms with Crippen LogP contribution in [-0.4, -0.2) is 4.98 Å². The smallest absolute Gasteiger partial charge is 0.227 e. The van der Waals surface area contributed by atoms with Gasteiger partial charge in [0, 0.05) is 14.5 Å². The van der Waals surface area contributed by atoms with Crippen LogP contribution in [0.25, 0.3) is 22.6 Å². The van der Waals surface area contributed by atoms with Gasteiger partial charge in [-0.2, -0.15) is 0 Å². The first-order valence-corrected chi connectivity index (χ1v) is 6.63. The largest absolute Gasteiger partial charge is 0.436 e. The van der Waals surface area contributed by atoms with Crippen LogP contribution < -0.4 is 0 Å². The maximum absolute atomic E-state index is 5.74. The molecular weight excluding hydrogens is 346 g/mol. The Kier molecular flexibility index (Phi) is 2.76. The van der Waals surface area contributed by atoms with Crippen molar-refractivity contribution in [3.05, 3.63) is 51.4 Å². The number of benzene rings is 2. The lowest BCUT2D eigenvalue weighted by molar-refractivity contribution is 0.619. The van der Waals surface area contributed by atoms with Crippen LogP contribution in [0, 0.1) is 0 Å². The van der Waals surface area contributed by atoms with Crippen LogP contribution in [0.15, 0.2) is 55.8 Å². The molecule has 0 aliphatic rings. The van der Waals surface area contributed by atoms with E-state index in [-0.39, 0.29) is 0 Å². The third-order valence-corrected chi connectivity index (χ3v) is 3.50. The molecule has 3 aromatic rings. The highest BCUT2D eigenvalue weighted by molar-refractivity contribution is 9.11. The minimum atomic E-state index is 0.638. The van der Waals surface area contributed by atoms with Gasteiger partial charge in [0.25, 0.3) is 0 Å². The predicted octanol–water partition coefficient (Wildman–Crippen LogP) is 5.02. The molecule has 0 aliphatic heterocycles. The molecule has 0 amide bonds. The zero-order valence-electron chi connectivity index (χ0n) is 8.65. The SMILES string of the molecule is Brc1cc(Br)c2nc(-c3ccccc3)oc2c1. The van der Waals surface area contributed by atoms with Gasteiger partial charge in [-0.1, -0.05) is 34.1 Å². The Morgan fingerprint density at radius 2 is 1.76 bits per heavy atom. The summed E-state index contributed by atoms with van der Waals surface area (Å²) in [7, 11) is 0. The third-order valence-electron chi connectivity index (χ3n) is 2.43. The van der Waals surface area contributed by atoms with E-state index in [0.717, 1.165) is 25.6 Å². The van der Waals surface area contributed by atoms with E-state index in [1.807, 2.05) is 42.5 Å². The van der Waals surface area contributed by atoms with E-state index in [1.165, 1.54) is 0 Å². The molecule has 0 radical (unpaired) electrons. The first-order chi connectivity index (χ1) is 8.24. The third kappa shape index (κ3) is 2.03. The second-order valence-electron chi connectivity index (χ2n) is 3.62. The first-order valence-electron chi connectivity index (χ1n) is 5.05. The lowest BCUT2D eigenvalue weighted by Gasteiger charge is -1.92. The fourth-order valence-electron chi connectivity index (χ4n) is 1.66. The van der Waals surface area contributed by atoms with Crippen molar-refractivity contribution in [2.24, 2.45) is 0 Å². The summed E-state index contributed by atoms with van der Waals surface area (Å²) in [6.07, 6.45) is 0. The van der Waals surface area contributed by atoms with Crippen LogP contribution in [0.2, 0.25) is 0 Å². The van der Waals surface area contributed by atoms with Gasteiger partial charge < -0.3 is 4.42 Å². The van der Waals surface area contributed by atoms with E-state index >= 15 is 0 Å². The standard InChI is InChI=1S/C13H7Br2NO/c14-9-6-10(15)12-11(7-9)17-13(16-12)8-4-2-1-3-5-8/h1-7H. The van der Waals surface area contributed by atoms with E-state index in [2.05, 4.69) is 36.8 Å². The van der Waals surface area contributed by atoms with E-state index in [1.54, 1.807) is 0 Å². The second kappa shape index (κ2) is 4.27. The van der Waals surface area contributed by atoms with Crippen LogP contribution in [0.4, 0.5) is 0 Å². The van der Waals surface area contributed by atoms with Crippen LogP contribution in [-0.2, 0) is 0 Å². The molecule has 3 rings (SSSR count). The monoisotopic (exact) mass is 351 g/mol. The molecule has 0 unspecified atom stereocenters. The number of hydrogen-bond donors (Lipinski definition) is 0. The number of rotatable bonds is 1. The van der Waals surface area contributed by atoms with Gasteiger partial charge in [-0.25, -0.2) is 4.98 Å². The van der Waals surface area contributed by atoms with Crippen molar-refractivity contribution in [3.8, 4) is 11.5 Å². The van der Waals surface area contributed by atoms with Gasteiger partial charge in [0.1, 0.15) is 5.52 Å². The highest BCUT2D eigenvalue weighted by Gasteiger charge is 2.11. The van der Waals surface area contributed by atoms with Crippen molar-refractivity contribution in [3.63, 3.8) is 0 Å².